The maximum Gasteiger partial charge on any atom is 0.274 e. The van der Waals surface area contributed by atoms with Crippen LogP contribution in [0.25, 0.3) is 11.6 Å². The van der Waals surface area contributed by atoms with Crippen molar-refractivity contribution in [3.63, 3.8) is 0 Å². The van der Waals surface area contributed by atoms with Crippen molar-refractivity contribution in [2.45, 2.75) is 10.9 Å². The van der Waals surface area contributed by atoms with Crippen LogP contribution in [0.2, 0.25) is 0 Å². The second kappa shape index (κ2) is 6.65. The lowest BCUT2D eigenvalue weighted by molar-refractivity contribution is -0.385. The highest BCUT2D eigenvalue weighted by Gasteiger charge is 2.19. The van der Waals surface area contributed by atoms with Crippen LogP contribution in [0.4, 0.5) is 5.69 Å². The molecule has 0 aliphatic carbocycles. The van der Waals surface area contributed by atoms with Crippen molar-refractivity contribution in [3.8, 4) is 11.6 Å². The zero-order valence-corrected chi connectivity index (χ0v) is 13.5. The van der Waals surface area contributed by atoms with Gasteiger partial charge in [0, 0.05) is 22.9 Å². The fourth-order valence-corrected chi connectivity index (χ4v) is 2.95. The molecule has 128 valence electrons. The van der Waals surface area contributed by atoms with Gasteiger partial charge in [0.1, 0.15) is 0 Å². The summed E-state index contributed by atoms with van der Waals surface area (Å²) in [5.41, 5.74) is 5.43. The third-order valence-electron chi connectivity index (χ3n) is 3.33. The highest BCUT2D eigenvalue weighted by Crippen LogP contribution is 2.29. The van der Waals surface area contributed by atoms with E-state index >= 15 is 0 Å². The normalized spacial score (nSPS) is 10.7. The third kappa shape index (κ3) is 3.30. The monoisotopic (exact) mass is 360 g/mol. The van der Waals surface area contributed by atoms with Crippen LogP contribution in [0.15, 0.2) is 46.2 Å². The SMILES string of the molecule is NC(=O)c1ccc(CSc2nnc(-c3ccco3)n2N)c([N+](=O)[O-])c1. The molecule has 0 fully saturated rings. The number of thioether (sulfide) groups is 1. The van der Waals surface area contributed by atoms with Crippen LogP contribution in [0.3, 0.4) is 0 Å². The number of carbonyl (C=O) groups is 1. The molecule has 1 amide bonds. The molecule has 3 aromatic rings. The molecule has 0 saturated heterocycles. The lowest BCUT2D eigenvalue weighted by atomic mass is 10.1. The van der Waals surface area contributed by atoms with Gasteiger partial charge in [-0.3, -0.25) is 14.9 Å². The van der Waals surface area contributed by atoms with Crippen molar-refractivity contribution in [1.29, 1.82) is 0 Å². The minimum absolute atomic E-state index is 0.0718. The molecule has 0 atom stereocenters. The van der Waals surface area contributed by atoms with Crippen LogP contribution in [0.5, 0.6) is 0 Å². The summed E-state index contributed by atoms with van der Waals surface area (Å²) in [6, 6.07) is 7.46. The van der Waals surface area contributed by atoms with Crippen molar-refractivity contribution >= 4 is 23.4 Å². The Morgan fingerprint density at radius 2 is 2.16 bits per heavy atom. The molecule has 0 spiro atoms. The molecule has 11 heteroatoms. The smallest absolute Gasteiger partial charge is 0.274 e. The lowest BCUT2D eigenvalue weighted by Gasteiger charge is -2.05. The van der Waals surface area contributed by atoms with Gasteiger partial charge in [-0.1, -0.05) is 17.8 Å². The molecular formula is C14H12N6O4S. The molecule has 0 saturated carbocycles. The van der Waals surface area contributed by atoms with Gasteiger partial charge >= 0.3 is 0 Å². The van der Waals surface area contributed by atoms with E-state index in [1.165, 1.54) is 34.8 Å². The van der Waals surface area contributed by atoms with Gasteiger partial charge in [0.2, 0.25) is 16.9 Å². The van der Waals surface area contributed by atoms with Crippen LogP contribution >= 0.6 is 11.8 Å². The Bertz CT molecular complexity index is 937. The maximum atomic E-state index is 11.2. The summed E-state index contributed by atoms with van der Waals surface area (Å²) in [5.74, 6) is 6.21. The van der Waals surface area contributed by atoms with Crippen molar-refractivity contribution in [3.05, 3.63) is 57.8 Å². The topological polar surface area (TPSA) is 156 Å². The van der Waals surface area contributed by atoms with E-state index in [-0.39, 0.29) is 17.0 Å². The van der Waals surface area contributed by atoms with Gasteiger partial charge in [-0.25, -0.2) is 4.68 Å². The predicted molar refractivity (Wildman–Crippen MR) is 89.0 cm³/mol. The van der Waals surface area contributed by atoms with Crippen molar-refractivity contribution in [2.75, 3.05) is 5.84 Å². The number of nitrogen functional groups attached to an aromatic ring is 1. The van der Waals surface area contributed by atoms with Gasteiger partial charge in [-0.05, 0) is 18.2 Å². The number of rotatable bonds is 6. The molecule has 10 nitrogen and oxygen atoms in total. The molecule has 4 N–H and O–H groups in total. The highest BCUT2D eigenvalue weighted by atomic mass is 32.2. The Labute approximate surface area is 144 Å². The fraction of sp³-hybridized carbons (Fsp3) is 0.0714. The first-order valence-corrected chi connectivity index (χ1v) is 7.90. The molecule has 2 aromatic heterocycles. The minimum Gasteiger partial charge on any atom is -0.461 e. The van der Waals surface area contributed by atoms with Gasteiger partial charge < -0.3 is 16.0 Å². The zero-order chi connectivity index (χ0) is 18.0. The Hall–Kier alpha value is -3.34. The van der Waals surface area contributed by atoms with Crippen molar-refractivity contribution < 1.29 is 14.1 Å². The number of nitrogens with two attached hydrogens (primary N) is 2. The van der Waals surface area contributed by atoms with Crippen LogP contribution in [0.1, 0.15) is 15.9 Å². The second-order valence-corrected chi connectivity index (χ2v) is 5.85. The molecule has 2 heterocycles. The first-order valence-electron chi connectivity index (χ1n) is 6.91. The third-order valence-corrected chi connectivity index (χ3v) is 4.32. The number of nitro benzene ring substituents is 1. The summed E-state index contributed by atoms with van der Waals surface area (Å²) in [6.07, 6.45) is 1.49. The molecule has 0 radical (unpaired) electrons. The first-order chi connectivity index (χ1) is 12.0. The van der Waals surface area contributed by atoms with Crippen molar-refractivity contribution in [1.82, 2.24) is 14.9 Å². The van der Waals surface area contributed by atoms with E-state index in [0.717, 1.165) is 6.07 Å². The standard InChI is InChI=1S/C14H12N6O4S/c15-12(21)8-3-4-9(10(6-8)20(22)23)7-25-14-18-17-13(19(14)16)11-2-1-5-24-11/h1-6H,7,16H2,(H2,15,21). The summed E-state index contributed by atoms with van der Waals surface area (Å²) in [6.45, 7) is 0. The fourth-order valence-electron chi connectivity index (χ4n) is 2.10. The molecule has 0 aliphatic rings. The Morgan fingerprint density at radius 1 is 1.36 bits per heavy atom. The summed E-state index contributed by atoms with van der Waals surface area (Å²) >= 11 is 1.17. The predicted octanol–water partition coefficient (Wildman–Crippen LogP) is 1.55. The molecule has 1 aromatic carbocycles. The van der Waals surface area contributed by atoms with E-state index in [1.54, 1.807) is 12.1 Å². The first kappa shape index (κ1) is 16.5. The average molecular weight is 360 g/mol. The summed E-state index contributed by atoms with van der Waals surface area (Å²) < 4.78 is 6.46. The van der Waals surface area contributed by atoms with Crippen LogP contribution in [0, 0.1) is 10.1 Å². The van der Waals surface area contributed by atoms with Gasteiger partial charge in [-0.2, -0.15) is 0 Å². The lowest BCUT2D eigenvalue weighted by Crippen LogP contribution is -2.12. The van der Waals surface area contributed by atoms with E-state index in [2.05, 4.69) is 10.2 Å². The van der Waals surface area contributed by atoms with Gasteiger partial charge in [0.25, 0.3) is 5.69 Å². The number of amides is 1. The van der Waals surface area contributed by atoms with E-state index in [9.17, 15) is 14.9 Å². The molecule has 3 rings (SSSR count). The Balaban J connectivity index is 1.82. The number of nitrogens with zero attached hydrogens (tertiary/aromatic N) is 4. The quantitative estimate of drug-likeness (QED) is 0.290. The molecule has 0 bridgehead atoms. The van der Waals surface area contributed by atoms with E-state index in [1.807, 2.05) is 0 Å². The Morgan fingerprint density at radius 3 is 2.80 bits per heavy atom. The second-order valence-electron chi connectivity index (χ2n) is 4.91. The highest BCUT2D eigenvalue weighted by molar-refractivity contribution is 7.98. The number of nitro groups is 1. The molecular weight excluding hydrogens is 348 g/mol. The zero-order valence-electron chi connectivity index (χ0n) is 12.7. The van der Waals surface area contributed by atoms with Crippen molar-refractivity contribution in [2.24, 2.45) is 5.73 Å². The van der Waals surface area contributed by atoms with E-state index < -0.39 is 10.8 Å². The van der Waals surface area contributed by atoms with Gasteiger partial charge in [0.15, 0.2) is 5.76 Å². The average Bonchev–Trinajstić information content (AvgIpc) is 3.22. The van der Waals surface area contributed by atoms with Gasteiger partial charge in [0.05, 0.1) is 11.2 Å². The molecule has 0 aliphatic heterocycles. The number of hydrogen-bond donors (Lipinski definition) is 2. The number of furan rings is 1. The van der Waals surface area contributed by atoms with E-state index in [0.29, 0.717) is 22.3 Å². The van der Waals surface area contributed by atoms with E-state index in [4.69, 9.17) is 16.0 Å². The summed E-state index contributed by atoms with van der Waals surface area (Å²) in [4.78, 5) is 21.8. The summed E-state index contributed by atoms with van der Waals surface area (Å²) in [7, 11) is 0. The molecule has 0 unspecified atom stereocenters. The number of aromatic nitrogens is 3. The number of primary amides is 1. The number of benzene rings is 1. The number of hydrogen-bond acceptors (Lipinski definition) is 8. The van der Waals surface area contributed by atoms with Crippen LogP contribution in [-0.4, -0.2) is 25.7 Å². The Kier molecular flexibility index (Phi) is 4.39. The van der Waals surface area contributed by atoms with Crippen LogP contribution in [-0.2, 0) is 5.75 Å². The van der Waals surface area contributed by atoms with Gasteiger partial charge in [-0.15, -0.1) is 10.2 Å². The molecule has 25 heavy (non-hydrogen) atoms. The summed E-state index contributed by atoms with van der Waals surface area (Å²) in [5, 5.41) is 19.5. The van der Waals surface area contributed by atoms with Crippen LogP contribution < -0.4 is 11.6 Å². The largest absolute Gasteiger partial charge is 0.461 e. The number of carbonyl (C=O) groups excluding carboxylic acids is 1. The minimum atomic E-state index is -0.730. The maximum absolute atomic E-state index is 11.2.